The van der Waals surface area contributed by atoms with Crippen LogP contribution < -0.4 is 5.32 Å². The summed E-state index contributed by atoms with van der Waals surface area (Å²) in [4.78, 5) is 14.9. The summed E-state index contributed by atoms with van der Waals surface area (Å²) in [6.07, 6.45) is 3.27. The molecule has 3 unspecified atom stereocenters. The number of carbonyl (C=O) groups is 1. The molecule has 1 aliphatic carbocycles. The molecule has 4 nitrogen and oxygen atoms in total. The predicted molar refractivity (Wildman–Crippen MR) is 84.1 cm³/mol. The van der Waals surface area contributed by atoms with Gasteiger partial charge in [-0.25, -0.2) is 0 Å². The molecule has 1 aliphatic heterocycles. The number of hydrogen-bond acceptors (Lipinski definition) is 4. The van der Waals surface area contributed by atoms with E-state index in [9.17, 15) is 4.79 Å². The molecule has 1 amide bonds. The van der Waals surface area contributed by atoms with Crippen LogP contribution >= 0.6 is 11.3 Å². The average Bonchev–Trinajstić information content (AvgIpc) is 3.06. The Kier molecular flexibility index (Phi) is 4.33. The Balaban J connectivity index is 1.81. The van der Waals surface area contributed by atoms with E-state index < -0.39 is 0 Å². The van der Waals surface area contributed by atoms with Crippen molar-refractivity contribution < 1.29 is 9.53 Å². The zero-order chi connectivity index (χ0) is 15.0. The smallest absolute Gasteiger partial charge is 0.241 e. The number of methoxy groups -OCH3 is 1. The Labute approximate surface area is 130 Å². The van der Waals surface area contributed by atoms with Crippen LogP contribution in [0.2, 0.25) is 0 Å². The molecule has 116 valence electrons. The Morgan fingerprint density at radius 3 is 2.86 bits per heavy atom. The first kappa shape index (κ1) is 15.0. The standard InChI is InChI=1S/C16H24N2O2S/c1-4-10(2)14-16(19)18(12-7-13(8-12)20-3)15(17-14)11-5-6-21-9-11/h5-6,9-10,12-15,17H,4,7-8H2,1-3H3. The molecule has 0 spiro atoms. The van der Waals surface area contributed by atoms with Gasteiger partial charge in [0.25, 0.3) is 0 Å². The Morgan fingerprint density at radius 1 is 1.52 bits per heavy atom. The molecular weight excluding hydrogens is 284 g/mol. The number of rotatable bonds is 5. The number of thiophene rings is 1. The lowest BCUT2D eigenvalue weighted by Crippen LogP contribution is -2.50. The number of nitrogens with zero attached hydrogens (tertiary/aromatic N) is 1. The zero-order valence-corrected chi connectivity index (χ0v) is 13.7. The number of nitrogens with one attached hydrogen (secondary N) is 1. The molecule has 2 fully saturated rings. The van der Waals surface area contributed by atoms with E-state index in [1.165, 1.54) is 5.56 Å². The summed E-state index contributed by atoms with van der Waals surface area (Å²) in [6, 6.07) is 2.38. The highest BCUT2D eigenvalue weighted by Crippen LogP contribution is 2.38. The molecule has 1 aromatic rings. The number of amides is 1. The van der Waals surface area contributed by atoms with Crippen molar-refractivity contribution in [3.63, 3.8) is 0 Å². The molecule has 1 aromatic heterocycles. The quantitative estimate of drug-likeness (QED) is 0.909. The SMILES string of the molecule is CCC(C)C1NC(c2ccsc2)N(C2CC(OC)C2)C1=O. The van der Waals surface area contributed by atoms with Gasteiger partial charge < -0.3 is 9.64 Å². The number of carbonyl (C=O) groups excluding carboxylic acids is 1. The third kappa shape index (κ3) is 2.62. The summed E-state index contributed by atoms with van der Waals surface area (Å²) in [5.74, 6) is 0.627. The highest BCUT2D eigenvalue weighted by Gasteiger charge is 2.48. The van der Waals surface area contributed by atoms with Gasteiger partial charge >= 0.3 is 0 Å². The molecule has 5 heteroatoms. The monoisotopic (exact) mass is 308 g/mol. The van der Waals surface area contributed by atoms with Gasteiger partial charge in [0.1, 0.15) is 6.17 Å². The van der Waals surface area contributed by atoms with Crippen LogP contribution in [0.4, 0.5) is 0 Å². The molecule has 1 saturated carbocycles. The van der Waals surface area contributed by atoms with Crippen LogP contribution in [0.3, 0.4) is 0 Å². The van der Waals surface area contributed by atoms with Crippen LogP contribution in [0, 0.1) is 5.92 Å². The van der Waals surface area contributed by atoms with Gasteiger partial charge in [-0.3, -0.25) is 10.1 Å². The van der Waals surface area contributed by atoms with Crippen molar-refractivity contribution >= 4 is 17.2 Å². The molecule has 3 atom stereocenters. The fourth-order valence-corrected chi connectivity index (χ4v) is 3.97. The maximum atomic E-state index is 12.9. The molecule has 0 radical (unpaired) electrons. The third-order valence-electron chi connectivity index (χ3n) is 5.00. The highest BCUT2D eigenvalue weighted by atomic mass is 32.1. The molecule has 2 heterocycles. The third-order valence-corrected chi connectivity index (χ3v) is 5.71. The van der Waals surface area contributed by atoms with Crippen LogP contribution in [0.5, 0.6) is 0 Å². The fourth-order valence-electron chi connectivity index (χ4n) is 3.29. The molecule has 0 bridgehead atoms. The second-order valence-electron chi connectivity index (χ2n) is 6.22. The van der Waals surface area contributed by atoms with Crippen molar-refractivity contribution in [2.75, 3.05) is 7.11 Å². The first-order chi connectivity index (χ1) is 10.2. The summed E-state index contributed by atoms with van der Waals surface area (Å²) >= 11 is 1.68. The van der Waals surface area contributed by atoms with Crippen molar-refractivity contribution in [2.24, 2.45) is 5.92 Å². The van der Waals surface area contributed by atoms with Crippen LogP contribution in [0.1, 0.15) is 44.8 Å². The zero-order valence-electron chi connectivity index (χ0n) is 12.9. The molecule has 21 heavy (non-hydrogen) atoms. The van der Waals surface area contributed by atoms with Gasteiger partial charge in [0, 0.05) is 13.2 Å². The first-order valence-corrected chi connectivity index (χ1v) is 8.73. The molecule has 0 aromatic carbocycles. The van der Waals surface area contributed by atoms with E-state index in [1.807, 2.05) is 0 Å². The van der Waals surface area contributed by atoms with Gasteiger partial charge in [-0.05, 0) is 41.1 Å². The van der Waals surface area contributed by atoms with Gasteiger partial charge in [-0.1, -0.05) is 20.3 Å². The van der Waals surface area contributed by atoms with Crippen LogP contribution in [0.15, 0.2) is 16.8 Å². The molecular formula is C16H24N2O2S. The Hall–Kier alpha value is -0.910. The van der Waals surface area contributed by atoms with Gasteiger partial charge in [0.15, 0.2) is 0 Å². The summed E-state index contributed by atoms with van der Waals surface area (Å²) in [5.41, 5.74) is 1.21. The van der Waals surface area contributed by atoms with Crippen molar-refractivity contribution in [1.29, 1.82) is 0 Å². The van der Waals surface area contributed by atoms with E-state index in [2.05, 4.69) is 40.9 Å². The van der Waals surface area contributed by atoms with Crippen molar-refractivity contribution in [3.8, 4) is 0 Å². The summed E-state index contributed by atoms with van der Waals surface area (Å²) in [5, 5.41) is 7.79. The van der Waals surface area contributed by atoms with E-state index >= 15 is 0 Å². The van der Waals surface area contributed by atoms with E-state index in [-0.39, 0.29) is 18.1 Å². The first-order valence-electron chi connectivity index (χ1n) is 7.78. The lowest BCUT2D eigenvalue weighted by molar-refractivity contribution is -0.138. The van der Waals surface area contributed by atoms with Gasteiger partial charge in [-0.15, -0.1) is 0 Å². The molecule has 3 rings (SSSR count). The number of hydrogen-bond donors (Lipinski definition) is 1. The molecule has 1 saturated heterocycles. The second-order valence-corrected chi connectivity index (χ2v) is 7.00. The van der Waals surface area contributed by atoms with E-state index in [4.69, 9.17) is 4.74 Å². The topological polar surface area (TPSA) is 41.6 Å². The van der Waals surface area contributed by atoms with E-state index in [1.54, 1.807) is 18.4 Å². The minimum Gasteiger partial charge on any atom is -0.381 e. The van der Waals surface area contributed by atoms with Gasteiger partial charge in [-0.2, -0.15) is 11.3 Å². The van der Waals surface area contributed by atoms with Crippen molar-refractivity contribution in [3.05, 3.63) is 22.4 Å². The van der Waals surface area contributed by atoms with Crippen molar-refractivity contribution in [1.82, 2.24) is 10.2 Å². The summed E-state index contributed by atoms with van der Waals surface area (Å²) in [6.45, 7) is 4.30. The van der Waals surface area contributed by atoms with Crippen LogP contribution in [-0.4, -0.2) is 36.1 Å². The lowest BCUT2D eigenvalue weighted by Gasteiger charge is -2.42. The van der Waals surface area contributed by atoms with E-state index in [0.717, 1.165) is 19.3 Å². The second kappa shape index (κ2) is 6.07. The predicted octanol–water partition coefficient (Wildman–Crippen LogP) is 2.77. The maximum absolute atomic E-state index is 12.9. The lowest BCUT2D eigenvalue weighted by atomic mass is 9.87. The van der Waals surface area contributed by atoms with E-state index in [0.29, 0.717) is 18.1 Å². The highest BCUT2D eigenvalue weighted by molar-refractivity contribution is 7.07. The van der Waals surface area contributed by atoms with Gasteiger partial charge in [0.2, 0.25) is 5.91 Å². The Bertz CT molecular complexity index is 484. The molecule has 2 aliphatic rings. The van der Waals surface area contributed by atoms with Crippen LogP contribution in [0.25, 0.3) is 0 Å². The largest absolute Gasteiger partial charge is 0.381 e. The molecule has 1 N–H and O–H groups in total. The normalized spacial score (nSPS) is 34.0. The summed E-state index contributed by atoms with van der Waals surface area (Å²) < 4.78 is 5.38. The van der Waals surface area contributed by atoms with Gasteiger partial charge in [0.05, 0.1) is 12.1 Å². The average molecular weight is 308 g/mol. The van der Waals surface area contributed by atoms with Crippen molar-refractivity contribution in [2.45, 2.75) is 57.5 Å². The fraction of sp³-hybridized carbons (Fsp3) is 0.688. The maximum Gasteiger partial charge on any atom is 0.241 e. The number of ether oxygens (including phenoxy) is 1. The van der Waals surface area contributed by atoms with Crippen LogP contribution in [-0.2, 0) is 9.53 Å². The minimum absolute atomic E-state index is 0.0329. The Morgan fingerprint density at radius 2 is 2.29 bits per heavy atom. The summed E-state index contributed by atoms with van der Waals surface area (Å²) in [7, 11) is 1.75. The minimum atomic E-state index is -0.0542.